The number of nitro benzene ring substituents is 1. The molecule has 4 rings (SSSR count). The van der Waals surface area contributed by atoms with Gasteiger partial charge in [-0.25, -0.2) is 4.79 Å². The lowest BCUT2D eigenvalue weighted by atomic mass is 9.94. The van der Waals surface area contributed by atoms with Crippen molar-refractivity contribution in [3.63, 3.8) is 0 Å². The number of benzene rings is 3. The number of aliphatic hydroxyl groups is 1. The number of hydrogen-bond donors (Lipinski definition) is 2. The molecule has 1 atom stereocenters. The van der Waals surface area contributed by atoms with Crippen LogP contribution in [0.3, 0.4) is 0 Å². The molecule has 0 aliphatic carbocycles. The van der Waals surface area contributed by atoms with Gasteiger partial charge in [0.15, 0.2) is 0 Å². The fourth-order valence-electron chi connectivity index (χ4n) is 4.13. The number of carbonyl (C=O) groups is 3. The Balaban J connectivity index is 1.87. The second-order valence-electron chi connectivity index (χ2n) is 7.98. The van der Waals surface area contributed by atoms with Crippen LogP contribution in [0.4, 0.5) is 5.69 Å². The minimum absolute atomic E-state index is 0.00732. The van der Waals surface area contributed by atoms with E-state index in [0.717, 1.165) is 6.07 Å². The number of ketones is 1. The molecule has 3 aromatic rings. The summed E-state index contributed by atoms with van der Waals surface area (Å²) in [5.74, 6) is -3.15. The summed E-state index contributed by atoms with van der Waals surface area (Å²) in [7, 11) is 1.43. The van der Waals surface area contributed by atoms with Crippen molar-refractivity contribution in [2.24, 2.45) is 0 Å². The zero-order valence-corrected chi connectivity index (χ0v) is 19.0. The van der Waals surface area contributed by atoms with Gasteiger partial charge < -0.3 is 19.8 Å². The zero-order valence-electron chi connectivity index (χ0n) is 19.0. The van der Waals surface area contributed by atoms with E-state index in [0.29, 0.717) is 16.9 Å². The molecule has 1 amide bonds. The highest BCUT2D eigenvalue weighted by molar-refractivity contribution is 6.46. The van der Waals surface area contributed by atoms with Crippen molar-refractivity contribution >= 4 is 29.1 Å². The first-order valence-electron chi connectivity index (χ1n) is 10.7. The number of aromatic carboxylic acids is 1. The Morgan fingerprint density at radius 3 is 2.33 bits per heavy atom. The summed E-state index contributed by atoms with van der Waals surface area (Å²) in [6, 6.07) is 16.6. The van der Waals surface area contributed by atoms with Crippen LogP contribution in [0.25, 0.3) is 5.76 Å². The van der Waals surface area contributed by atoms with E-state index in [1.165, 1.54) is 54.5 Å². The molecule has 2 N–H and O–H groups in total. The largest absolute Gasteiger partial charge is 0.507 e. The van der Waals surface area contributed by atoms with Gasteiger partial charge in [0.25, 0.3) is 17.4 Å². The molecule has 1 aliphatic heterocycles. The van der Waals surface area contributed by atoms with Crippen molar-refractivity contribution in [1.82, 2.24) is 4.90 Å². The van der Waals surface area contributed by atoms with E-state index in [9.17, 15) is 29.6 Å². The standard InChI is InChI=1S/C26H20N2O8/c1-36-20-8-3-2-7-19(20)22-21(23(29)17-5-4-6-18(13-17)28(34)35)24(30)25(31)27(22)14-15-9-11-16(12-10-15)26(32)33/h2-13,22,29H,14H2,1H3,(H,32,33)/b23-21+. The molecule has 3 aromatic carbocycles. The Morgan fingerprint density at radius 1 is 1.00 bits per heavy atom. The third-order valence-electron chi connectivity index (χ3n) is 5.86. The fourth-order valence-corrected chi connectivity index (χ4v) is 4.13. The molecule has 0 bridgehead atoms. The first kappa shape index (κ1) is 24.1. The maximum atomic E-state index is 13.2. The molecule has 0 spiro atoms. The molecule has 36 heavy (non-hydrogen) atoms. The van der Waals surface area contributed by atoms with Gasteiger partial charge in [0, 0.05) is 29.8 Å². The minimum Gasteiger partial charge on any atom is -0.507 e. The molecule has 1 fully saturated rings. The Labute approximate surface area is 204 Å². The van der Waals surface area contributed by atoms with Crippen LogP contribution in [0.1, 0.15) is 33.1 Å². The zero-order chi connectivity index (χ0) is 26.0. The second kappa shape index (κ2) is 9.71. The summed E-state index contributed by atoms with van der Waals surface area (Å²) in [5, 5.41) is 31.5. The quantitative estimate of drug-likeness (QED) is 0.167. The van der Waals surface area contributed by atoms with Crippen LogP contribution in [-0.4, -0.2) is 44.8 Å². The predicted molar refractivity (Wildman–Crippen MR) is 127 cm³/mol. The topological polar surface area (TPSA) is 147 Å². The number of hydrogen-bond acceptors (Lipinski definition) is 7. The number of non-ortho nitro benzene ring substituents is 1. The molecule has 0 saturated carbocycles. The summed E-state index contributed by atoms with van der Waals surface area (Å²) in [6.45, 7) is -0.0705. The number of carboxylic acid groups (broad SMARTS) is 1. The number of methoxy groups -OCH3 is 1. The monoisotopic (exact) mass is 488 g/mol. The summed E-state index contributed by atoms with van der Waals surface area (Å²) >= 11 is 0. The Bertz CT molecular complexity index is 1410. The molecular formula is C26H20N2O8. The van der Waals surface area contributed by atoms with Crippen molar-refractivity contribution in [3.8, 4) is 5.75 Å². The molecular weight excluding hydrogens is 468 g/mol. The number of rotatable bonds is 7. The van der Waals surface area contributed by atoms with Crippen molar-refractivity contribution < 1.29 is 34.3 Å². The maximum absolute atomic E-state index is 13.2. The summed E-state index contributed by atoms with van der Waals surface area (Å²) in [5.41, 5.74) is 0.513. The van der Waals surface area contributed by atoms with E-state index in [4.69, 9.17) is 9.84 Å². The third kappa shape index (κ3) is 4.39. The molecule has 10 heteroatoms. The highest BCUT2D eigenvalue weighted by atomic mass is 16.6. The van der Waals surface area contributed by atoms with Gasteiger partial charge in [0.1, 0.15) is 11.5 Å². The lowest BCUT2D eigenvalue weighted by Crippen LogP contribution is -2.29. The summed E-state index contributed by atoms with van der Waals surface area (Å²) < 4.78 is 5.45. The number of ether oxygens (including phenoxy) is 1. The van der Waals surface area contributed by atoms with Crippen molar-refractivity contribution in [2.75, 3.05) is 7.11 Å². The first-order chi connectivity index (χ1) is 17.2. The Hall–Kier alpha value is -4.99. The molecule has 0 radical (unpaired) electrons. The van der Waals surface area contributed by atoms with Gasteiger partial charge in [-0.3, -0.25) is 19.7 Å². The second-order valence-corrected chi connectivity index (χ2v) is 7.98. The number of amides is 1. The van der Waals surface area contributed by atoms with E-state index >= 15 is 0 Å². The van der Waals surface area contributed by atoms with Crippen LogP contribution in [0.15, 0.2) is 78.4 Å². The van der Waals surface area contributed by atoms with Crippen molar-refractivity contribution in [1.29, 1.82) is 0 Å². The fraction of sp³-hybridized carbons (Fsp3) is 0.115. The average molecular weight is 488 g/mol. The van der Waals surface area contributed by atoms with Gasteiger partial charge in [-0.2, -0.15) is 0 Å². The summed E-state index contributed by atoms with van der Waals surface area (Å²) in [4.78, 5) is 49.4. The molecule has 1 aliphatic rings. The van der Waals surface area contributed by atoms with Gasteiger partial charge in [0.05, 0.1) is 29.2 Å². The van der Waals surface area contributed by atoms with E-state index in [1.807, 2.05) is 0 Å². The van der Waals surface area contributed by atoms with Gasteiger partial charge in [-0.05, 0) is 23.8 Å². The number of aliphatic hydroxyl groups excluding tert-OH is 1. The number of carbonyl (C=O) groups excluding carboxylic acids is 2. The van der Waals surface area contributed by atoms with Crippen molar-refractivity contribution in [3.05, 3.63) is 111 Å². The number of Topliss-reactive ketones (excluding diaryl/α,β-unsaturated/α-hetero) is 1. The number of likely N-dealkylation sites (tertiary alicyclic amines) is 1. The van der Waals surface area contributed by atoms with Crippen LogP contribution in [-0.2, 0) is 16.1 Å². The molecule has 1 unspecified atom stereocenters. The smallest absolute Gasteiger partial charge is 0.335 e. The number of carboxylic acids is 1. The molecule has 182 valence electrons. The van der Waals surface area contributed by atoms with Gasteiger partial charge in [0.2, 0.25) is 0 Å². The van der Waals surface area contributed by atoms with Gasteiger partial charge in [-0.1, -0.05) is 42.5 Å². The lowest BCUT2D eigenvalue weighted by molar-refractivity contribution is -0.384. The third-order valence-corrected chi connectivity index (χ3v) is 5.86. The van der Waals surface area contributed by atoms with Crippen molar-refractivity contribution in [2.45, 2.75) is 12.6 Å². The van der Waals surface area contributed by atoms with Gasteiger partial charge >= 0.3 is 5.97 Å². The van der Waals surface area contributed by atoms with E-state index in [1.54, 1.807) is 24.3 Å². The van der Waals surface area contributed by atoms with Crippen LogP contribution in [0, 0.1) is 10.1 Å². The number of para-hydroxylation sites is 1. The minimum atomic E-state index is -1.10. The first-order valence-corrected chi connectivity index (χ1v) is 10.7. The molecule has 10 nitrogen and oxygen atoms in total. The SMILES string of the molecule is COc1ccccc1C1/C(=C(\O)c2cccc([N+](=O)[O-])c2)C(=O)C(=O)N1Cc1ccc(C(=O)O)cc1. The van der Waals surface area contributed by atoms with Gasteiger partial charge in [-0.15, -0.1) is 0 Å². The van der Waals surface area contributed by atoms with E-state index in [-0.39, 0.29) is 28.9 Å². The predicted octanol–water partition coefficient (Wildman–Crippen LogP) is 3.92. The van der Waals surface area contributed by atoms with E-state index < -0.39 is 34.4 Å². The van der Waals surface area contributed by atoms with Crippen LogP contribution < -0.4 is 4.74 Å². The van der Waals surface area contributed by atoms with Crippen LogP contribution in [0.2, 0.25) is 0 Å². The lowest BCUT2D eigenvalue weighted by Gasteiger charge is -2.26. The maximum Gasteiger partial charge on any atom is 0.335 e. The number of nitro groups is 1. The molecule has 1 saturated heterocycles. The van der Waals surface area contributed by atoms with Crippen LogP contribution in [0.5, 0.6) is 5.75 Å². The molecule has 0 aromatic heterocycles. The molecule has 1 heterocycles. The van der Waals surface area contributed by atoms with Crippen LogP contribution >= 0.6 is 0 Å². The number of nitrogens with zero attached hydrogens (tertiary/aromatic N) is 2. The summed E-state index contributed by atoms with van der Waals surface area (Å²) in [6.07, 6.45) is 0. The average Bonchev–Trinajstić information content (AvgIpc) is 3.13. The highest BCUT2D eigenvalue weighted by Crippen LogP contribution is 2.43. The highest BCUT2D eigenvalue weighted by Gasteiger charge is 2.47. The Morgan fingerprint density at radius 2 is 1.69 bits per heavy atom. The normalized spacial score (nSPS) is 16.7. The van der Waals surface area contributed by atoms with E-state index in [2.05, 4.69) is 0 Å². The Kier molecular flexibility index (Phi) is 6.51.